The number of H-pyrrole nitrogens is 1. The van der Waals surface area contributed by atoms with Gasteiger partial charge in [-0.3, -0.25) is 24.5 Å². The van der Waals surface area contributed by atoms with Gasteiger partial charge in [-0.2, -0.15) is 10.2 Å². The molecule has 2 atom stereocenters. The van der Waals surface area contributed by atoms with Gasteiger partial charge >= 0.3 is 0 Å². The van der Waals surface area contributed by atoms with Crippen LogP contribution in [0.2, 0.25) is 0 Å². The fourth-order valence-corrected chi connectivity index (χ4v) is 3.89. The number of nitrogens with zero attached hydrogens (tertiary/aromatic N) is 5. The molecule has 1 saturated carbocycles. The first-order chi connectivity index (χ1) is 14.0. The minimum Gasteiger partial charge on any atom is -0.378 e. The molecular formula is C20H25N7O2. The van der Waals surface area contributed by atoms with Crippen molar-refractivity contribution in [2.24, 2.45) is 7.05 Å². The van der Waals surface area contributed by atoms with Crippen LogP contribution in [0, 0.1) is 6.92 Å². The molecule has 0 aromatic carbocycles. The van der Waals surface area contributed by atoms with Gasteiger partial charge in [0.25, 0.3) is 5.91 Å². The topological polar surface area (TPSA) is 111 Å². The molecule has 9 heteroatoms. The molecule has 2 N–H and O–H groups in total. The molecule has 0 aliphatic heterocycles. The van der Waals surface area contributed by atoms with Crippen molar-refractivity contribution in [3.8, 4) is 0 Å². The molecule has 152 valence electrons. The number of hydrogen-bond donors (Lipinski definition) is 2. The normalized spacial score (nSPS) is 18.9. The Bertz CT molecular complexity index is 993. The number of carbonyl (C=O) groups excluding carboxylic acids is 1. The quantitative estimate of drug-likeness (QED) is 0.664. The van der Waals surface area contributed by atoms with Crippen LogP contribution < -0.4 is 5.32 Å². The number of methoxy groups -OCH3 is 1. The summed E-state index contributed by atoms with van der Waals surface area (Å²) in [7, 11) is 3.33. The fourth-order valence-electron chi connectivity index (χ4n) is 3.89. The van der Waals surface area contributed by atoms with Gasteiger partial charge in [0.15, 0.2) is 5.82 Å². The zero-order chi connectivity index (χ0) is 20.4. The van der Waals surface area contributed by atoms with E-state index in [2.05, 4.69) is 30.6 Å². The van der Waals surface area contributed by atoms with Gasteiger partial charge in [0.1, 0.15) is 5.69 Å². The molecule has 4 rings (SSSR count). The predicted octanol–water partition coefficient (Wildman–Crippen LogP) is 2.69. The predicted molar refractivity (Wildman–Crippen MR) is 107 cm³/mol. The second-order valence-corrected chi connectivity index (χ2v) is 7.53. The van der Waals surface area contributed by atoms with E-state index < -0.39 is 0 Å². The minimum absolute atomic E-state index is 0.250. The second kappa shape index (κ2) is 8.12. The number of aromatic nitrogens is 6. The number of hydrogen-bond acceptors (Lipinski definition) is 6. The SMILES string of the molecule is COCc1cc(C(=O)Nc2cc([C@H]3CC[C@H](c4cnc(C)cn4)C3)[nH]n2)n(C)n1. The van der Waals surface area contributed by atoms with E-state index in [0.717, 1.165) is 36.3 Å². The summed E-state index contributed by atoms with van der Waals surface area (Å²) in [4.78, 5) is 21.5. The van der Waals surface area contributed by atoms with E-state index in [9.17, 15) is 4.79 Å². The first-order valence-electron chi connectivity index (χ1n) is 9.70. The summed E-state index contributed by atoms with van der Waals surface area (Å²) in [5.41, 5.74) is 4.18. The Morgan fingerprint density at radius 3 is 2.86 bits per heavy atom. The molecule has 0 spiro atoms. The highest BCUT2D eigenvalue weighted by atomic mass is 16.5. The molecule has 3 aromatic heterocycles. The zero-order valence-corrected chi connectivity index (χ0v) is 16.8. The van der Waals surface area contributed by atoms with Gasteiger partial charge in [-0.05, 0) is 32.3 Å². The van der Waals surface area contributed by atoms with Crippen molar-refractivity contribution in [1.82, 2.24) is 29.9 Å². The van der Waals surface area contributed by atoms with Crippen molar-refractivity contribution >= 4 is 11.7 Å². The smallest absolute Gasteiger partial charge is 0.275 e. The molecule has 9 nitrogen and oxygen atoms in total. The number of amides is 1. The lowest BCUT2D eigenvalue weighted by atomic mass is 10.00. The fraction of sp³-hybridized carbons (Fsp3) is 0.450. The monoisotopic (exact) mass is 395 g/mol. The first-order valence-corrected chi connectivity index (χ1v) is 9.70. The first kappa shape index (κ1) is 19.3. The molecule has 1 aliphatic rings. The van der Waals surface area contributed by atoms with Gasteiger partial charge < -0.3 is 10.1 Å². The van der Waals surface area contributed by atoms with Crippen molar-refractivity contribution in [1.29, 1.82) is 0 Å². The lowest BCUT2D eigenvalue weighted by molar-refractivity contribution is 0.101. The van der Waals surface area contributed by atoms with E-state index in [0.29, 0.717) is 35.6 Å². The maximum absolute atomic E-state index is 12.6. The minimum atomic E-state index is -0.250. The van der Waals surface area contributed by atoms with Gasteiger partial charge in [0, 0.05) is 50.1 Å². The second-order valence-electron chi connectivity index (χ2n) is 7.53. The van der Waals surface area contributed by atoms with Crippen LogP contribution in [-0.4, -0.2) is 43.0 Å². The Kier molecular flexibility index (Phi) is 5.39. The van der Waals surface area contributed by atoms with E-state index in [1.54, 1.807) is 24.9 Å². The molecule has 0 bridgehead atoms. The number of carbonyl (C=O) groups is 1. The molecule has 0 radical (unpaired) electrons. The van der Waals surface area contributed by atoms with E-state index in [4.69, 9.17) is 4.74 Å². The molecule has 0 unspecified atom stereocenters. The summed E-state index contributed by atoms with van der Waals surface area (Å²) in [5.74, 6) is 1.03. The molecule has 3 aromatic rings. The third-order valence-electron chi connectivity index (χ3n) is 5.39. The summed E-state index contributed by atoms with van der Waals surface area (Å²) in [6.07, 6.45) is 6.82. The van der Waals surface area contributed by atoms with E-state index in [1.165, 1.54) is 0 Å². The lowest BCUT2D eigenvalue weighted by Crippen LogP contribution is -2.16. The van der Waals surface area contributed by atoms with Crippen molar-refractivity contribution in [3.63, 3.8) is 0 Å². The van der Waals surface area contributed by atoms with Crippen LogP contribution in [0.15, 0.2) is 24.5 Å². The number of nitrogens with one attached hydrogen (secondary N) is 2. The van der Waals surface area contributed by atoms with Crippen LogP contribution in [0.3, 0.4) is 0 Å². The van der Waals surface area contributed by atoms with Gasteiger partial charge in [-0.15, -0.1) is 0 Å². The number of aromatic amines is 1. The van der Waals surface area contributed by atoms with Crippen molar-refractivity contribution in [3.05, 3.63) is 53.0 Å². The van der Waals surface area contributed by atoms with Gasteiger partial charge in [-0.25, -0.2) is 0 Å². The van der Waals surface area contributed by atoms with Crippen molar-refractivity contribution < 1.29 is 9.53 Å². The number of anilines is 1. The molecule has 0 saturated heterocycles. The molecule has 3 heterocycles. The molecule has 1 fully saturated rings. The number of ether oxygens (including phenoxy) is 1. The van der Waals surface area contributed by atoms with Gasteiger partial charge in [-0.1, -0.05) is 0 Å². The Balaban J connectivity index is 1.40. The molecule has 29 heavy (non-hydrogen) atoms. The highest BCUT2D eigenvalue weighted by Gasteiger charge is 2.29. The summed E-state index contributed by atoms with van der Waals surface area (Å²) < 4.78 is 6.61. The van der Waals surface area contributed by atoms with Gasteiger partial charge in [0.2, 0.25) is 0 Å². The number of rotatable bonds is 6. The van der Waals surface area contributed by atoms with Crippen LogP contribution in [0.25, 0.3) is 0 Å². The average Bonchev–Trinajstić information content (AvgIpc) is 3.42. The summed E-state index contributed by atoms with van der Waals surface area (Å²) in [6.45, 7) is 2.31. The molecule has 1 amide bonds. The lowest BCUT2D eigenvalue weighted by Gasteiger charge is -2.09. The molecule has 1 aliphatic carbocycles. The molecular weight excluding hydrogens is 370 g/mol. The van der Waals surface area contributed by atoms with Gasteiger partial charge in [0.05, 0.1) is 23.7 Å². The number of aryl methyl sites for hydroxylation is 2. The summed E-state index contributed by atoms with van der Waals surface area (Å²) in [6, 6.07) is 3.63. The largest absolute Gasteiger partial charge is 0.378 e. The van der Waals surface area contributed by atoms with Crippen LogP contribution in [0.4, 0.5) is 5.82 Å². The van der Waals surface area contributed by atoms with E-state index in [-0.39, 0.29) is 5.91 Å². The Morgan fingerprint density at radius 1 is 1.28 bits per heavy atom. The Hall–Kier alpha value is -3.07. The van der Waals surface area contributed by atoms with Crippen LogP contribution in [0.1, 0.15) is 64.4 Å². The van der Waals surface area contributed by atoms with E-state index >= 15 is 0 Å². The maximum Gasteiger partial charge on any atom is 0.275 e. The summed E-state index contributed by atoms with van der Waals surface area (Å²) in [5, 5.41) is 14.5. The Morgan fingerprint density at radius 2 is 2.10 bits per heavy atom. The van der Waals surface area contributed by atoms with Crippen LogP contribution in [-0.2, 0) is 18.4 Å². The summed E-state index contributed by atoms with van der Waals surface area (Å²) >= 11 is 0. The van der Waals surface area contributed by atoms with E-state index in [1.807, 2.05) is 25.4 Å². The maximum atomic E-state index is 12.6. The highest BCUT2D eigenvalue weighted by Crippen LogP contribution is 2.42. The Labute approximate surface area is 168 Å². The third-order valence-corrected chi connectivity index (χ3v) is 5.39. The standard InChI is InChI=1S/C20H25N7O2/c1-12-9-22-17(10-21-12)14-5-4-13(6-14)16-8-19(25-24-16)23-20(28)18-7-15(11-29-3)26-27(18)2/h7-10,13-14H,4-6,11H2,1-3H3,(H2,23,24,25,28)/t13-,14-/m0/s1. The van der Waals surface area contributed by atoms with Crippen molar-refractivity contribution in [2.45, 2.75) is 44.6 Å². The third kappa shape index (κ3) is 4.19. The van der Waals surface area contributed by atoms with Crippen LogP contribution >= 0.6 is 0 Å². The average molecular weight is 395 g/mol. The van der Waals surface area contributed by atoms with Crippen LogP contribution in [0.5, 0.6) is 0 Å². The zero-order valence-electron chi connectivity index (χ0n) is 16.8. The highest BCUT2D eigenvalue weighted by molar-refractivity contribution is 6.02. The van der Waals surface area contributed by atoms with Crippen molar-refractivity contribution in [2.75, 3.05) is 12.4 Å².